The van der Waals surface area contributed by atoms with Gasteiger partial charge in [-0.1, -0.05) is 0 Å². The molecule has 0 N–H and O–H groups in total. The van der Waals surface area contributed by atoms with Crippen LogP contribution in [0.25, 0.3) is 0 Å². The molecule has 0 saturated carbocycles. The third-order valence-corrected chi connectivity index (χ3v) is 1.19. The Labute approximate surface area is 70.9 Å². The van der Waals surface area contributed by atoms with E-state index in [0.29, 0.717) is 0 Å². The van der Waals surface area contributed by atoms with Crippen LogP contribution in [-0.2, 0) is 19.1 Å². The van der Waals surface area contributed by atoms with Gasteiger partial charge in [0.15, 0.2) is 5.78 Å². The minimum absolute atomic E-state index is 0.0359. The smallest absolute Gasteiger partial charge is 0.303 e. The first-order chi connectivity index (χ1) is 5.52. The molecule has 0 heterocycles. The summed E-state index contributed by atoms with van der Waals surface area (Å²) in [5, 5.41) is 0. The number of rotatable bonds is 5. The number of hydrogen-bond donors (Lipinski definition) is 0. The van der Waals surface area contributed by atoms with Crippen molar-refractivity contribution in [1.29, 1.82) is 0 Å². The lowest BCUT2D eigenvalue weighted by Gasteiger charge is -1.98. The molecule has 0 rings (SSSR count). The summed E-state index contributed by atoms with van der Waals surface area (Å²) in [5.74, 6) is -0.738. The van der Waals surface area contributed by atoms with Crippen LogP contribution in [0.3, 0.4) is 0 Å². The van der Waals surface area contributed by atoms with Crippen molar-refractivity contribution in [3.05, 3.63) is 0 Å². The third-order valence-electron chi connectivity index (χ3n) is 1.19. The number of hydrogen-bond acceptors (Lipinski definition) is 4. The van der Waals surface area contributed by atoms with Crippen LogP contribution in [0.15, 0.2) is 0 Å². The summed E-state index contributed by atoms with van der Waals surface area (Å²) in [7, 11) is 0. The van der Waals surface area contributed by atoms with E-state index in [0.717, 1.165) is 0 Å². The van der Waals surface area contributed by atoms with Crippen LogP contribution >= 0.6 is 0 Å². The van der Waals surface area contributed by atoms with Gasteiger partial charge in [-0.2, -0.15) is 0 Å². The molecule has 0 saturated heterocycles. The zero-order chi connectivity index (χ0) is 9.56. The van der Waals surface area contributed by atoms with Gasteiger partial charge in [-0.3, -0.25) is 9.59 Å². The third kappa shape index (κ3) is 6.92. The molecule has 0 atom stereocenters. The van der Waals surface area contributed by atoms with E-state index < -0.39 is 5.97 Å². The van der Waals surface area contributed by atoms with Gasteiger partial charge in [0.05, 0.1) is 0 Å². The highest BCUT2D eigenvalue weighted by Gasteiger charge is 2.05. The van der Waals surface area contributed by atoms with E-state index in [1.54, 1.807) is 0 Å². The molecule has 0 spiro atoms. The van der Waals surface area contributed by atoms with Gasteiger partial charge >= 0.3 is 5.97 Å². The Morgan fingerprint density at radius 1 is 1.08 bits per heavy atom. The molecule has 4 heteroatoms. The zero-order valence-electron chi connectivity index (χ0n) is 7.25. The number of ketones is 2. The SMILES string of the molecule is CC(=O)[13CH2][13CH2][13C](=O)[13CH2]OC(C)=O. The lowest BCUT2D eigenvalue weighted by molar-refractivity contribution is -0.145. The first-order valence-electron chi connectivity index (χ1n) is 3.67. The highest BCUT2D eigenvalue weighted by molar-refractivity contribution is 5.86. The summed E-state index contributed by atoms with van der Waals surface area (Å²) >= 11 is 0. The van der Waals surface area contributed by atoms with Crippen molar-refractivity contribution in [2.45, 2.75) is 26.7 Å². The first kappa shape index (κ1) is 10.8. The number of carbonyl (C=O) groups excluding carboxylic acids is 3. The monoisotopic (exact) mass is 176 g/mol. The molecule has 0 unspecified atom stereocenters. The van der Waals surface area contributed by atoms with Gasteiger partial charge < -0.3 is 9.53 Å². The molecule has 12 heavy (non-hydrogen) atoms. The average Bonchev–Trinajstić information content (AvgIpc) is 1.96. The Balaban J connectivity index is 3.47. The van der Waals surface area contributed by atoms with Crippen molar-refractivity contribution in [2.24, 2.45) is 0 Å². The van der Waals surface area contributed by atoms with Gasteiger partial charge in [0.25, 0.3) is 0 Å². The summed E-state index contributed by atoms with van der Waals surface area (Å²) in [6.07, 6.45) is 0.378. The highest BCUT2D eigenvalue weighted by atomic mass is 16.6. The Morgan fingerprint density at radius 3 is 2.08 bits per heavy atom. The summed E-state index contributed by atoms with van der Waals surface area (Å²) < 4.78 is 4.44. The Bertz CT molecular complexity index is 175. The van der Waals surface area contributed by atoms with Gasteiger partial charge in [0, 0.05) is 19.8 Å². The Morgan fingerprint density at radius 2 is 1.67 bits per heavy atom. The molecule has 0 aromatic heterocycles. The van der Waals surface area contributed by atoms with Gasteiger partial charge in [-0.25, -0.2) is 0 Å². The predicted molar refractivity (Wildman–Crippen MR) is 41.6 cm³/mol. The second-order valence-electron chi connectivity index (χ2n) is 2.52. The molecule has 0 fully saturated rings. The molecule has 0 aliphatic heterocycles. The Kier molecular flexibility index (Phi) is 4.92. The Hall–Kier alpha value is -1.19. The fraction of sp³-hybridized carbons (Fsp3) is 0.625. The maximum Gasteiger partial charge on any atom is 0.303 e. The molecule has 0 bridgehead atoms. The minimum Gasteiger partial charge on any atom is -0.458 e. The van der Waals surface area contributed by atoms with E-state index in [1.165, 1.54) is 13.8 Å². The van der Waals surface area contributed by atoms with Gasteiger partial charge in [-0.15, -0.1) is 0 Å². The van der Waals surface area contributed by atoms with E-state index in [2.05, 4.69) is 4.74 Å². The lowest BCUT2D eigenvalue weighted by atomic mass is 10.6. The van der Waals surface area contributed by atoms with Crippen LogP contribution in [0.5, 0.6) is 0 Å². The number of Topliss-reactive ketones (excluding diaryl/α,β-unsaturated/α-hetero) is 2. The first-order valence-corrected chi connectivity index (χ1v) is 3.67. The molecule has 0 amide bonds. The zero-order valence-corrected chi connectivity index (χ0v) is 7.25. The normalized spacial score (nSPS) is 9.17. The maximum absolute atomic E-state index is 10.8. The van der Waals surface area contributed by atoms with Crippen molar-refractivity contribution in [2.75, 3.05) is 6.61 Å². The van der Waals surface area contributed by atoms with Crippen LogP contribution in [0.4, 0.5) is 0 Å². The fourth-order valence-electron chi connectivity index (χ4n) is 0.570. The van der Waals surface area contributed by atoms with E-state index in [4.69, 9.17) is 0 Å². The highest BCUT2D eigenvalue weighted by Crippen LogP contribution is 1.93. The molecule has 0 aliphatic carbocycles. The predicted octanol–water partition coefficient (Wildman–Crippen LogP) is 0.488. The maximum atomic E-state index is 10.8. The van der Waals surface area contributed by atoms with Crippen LogP contribution in [0.2, 0.25) is 0 Å². The fourth-order valence-corrected chi connectivity index (χ4v) is 0.570. The summed E-state index contributed by atoms with van der Waals surface area (Å²) in [4.78, 5) is 31.5. The van der Waals surface area contributed by atoms with Crippen LogP contribution in [0.1, 0.15) is 26.7 Å². The van der Waals surface area contributed by atoms with Crippen LogP contribution in [0, 0.1) is 0 Å². The van der Waals surface area contributed by atoms with Crippen LogP contribution < -0.4 is 0 Å². The summed E-state index contributed by atoms with van der Waals surface area (Å²) in [6, 6.07) is 0. The van der Waals surface area contributed by atoms with Crippen molar-refractivity contribution < 1.29 is 19.1 Å². The van der Waals surface area contributed by atoms with Crippen LogP contribution in [-0.4, -0.2) is 24.1 Å². The molecule has 0 aliphatic rings. The van der Waals surface area contributed by atoms with E-state index in [1.807, 2.05) is 0 Å². The molecular weight excluding hydrogens is 164 g/mol. The molecule has 0 aromatic carbocycles. The quantitative estimate of drug-likeness (QED) is 0.451. The molecule has 0 aromatic rings. The standard InChI is InChI=1S/C8H12O4/c1-6(9)3-4-8(11)5-12-7(2)10/h3-5H2,1-2H3/i3+1,4+1,5+1,8+1. The van der Waals surface area contributed by atoms with E-state index in [9.17, 15) is 14.4 Å². The van der Waals surface area contributed by atoms with Gasteiger partial charge in [-0.05, 0) is 6.92 Å². The second-order valence-corrected chi connectivity index (χ2v) is 2.52. The molecular formula is C8H12O4. The van der Waals surface area contributed by atoms with Crippen molar-refractivity contribution in [3.63, 3.8) is 0 Å². The van der Waals surface area contributed by atoms with Crippen molar-refractivity contribution in [3.8, 4) is 0 Å². The number of esters is 1. The van der Waals surface area contributed by atoms with E-state index >= 15 is 0 Å². The van der Waals surface area contributed by atoms with E-state index in [-0.39, 0.29) is 31.0 Å². The summed E-state index contributed by atoms with van der Waals surface area (Å²) in [5.41, 5.74) is 0. The van der Waals surface area contributed by atoms with Gasteiger partial charge in [0.2, 0.25) is 0 Å². The lowest BCUT2D eigenvalue weighted by Crippen LogP contribution is -2.12. The second kappa shape index (κ2) is 5.46. The van der Waals surface area contributed by atoms with Crippen molar-refractivity contribution in [1.82, 2.24) is 0 Å². The van der Waals surface area contributed by atoms with Crippen molar-refractivity contribution >= 4 is 17.5 Å². The number of ether oxygens (including phenoxy) is 1. The topological polar surface area (TPSA) is 60.4 Å². The largest absolute Gasteiger partial charge is 0.458 e. The van der Waals surface area contributed by atoms with Gasteiger partial charge in [0.1, 0.15) is 12.4 Å². The molecule has 0 radical (unpaired) electrons. The summed E-state index contributed by atoms with van der Waals surface area (Å²) in [6.45, 7) is 2.43. The minimum atomic E-state index is -0.480. The number of carbonyl (C=O) groups is 3. The molecule has 68 valence electrons. The molecule has 4 nitrogen and oxygen atoms in total. The average molecular weight is 176 g/mol.